The van der Waals surface area contributed by atoms with Gasteiger partial charge in [0.1, 0.15) is 5.82 Å². The van der Waals surface area contributed by atoms with Crippen LogP contribution in [0, 0.1) is 11.7 Å². The molecule has 27 heavy (non-hydrogen) atoms. The number of hydrogen-bond donors (Lipinski definition) is 1. The van der Waals surface area contributed by atoms with E-state index in [-0.39, 0.29) is 18.9 Å². The van der Waals surface area contributed by atoms with Crippen molar-refractivity contribution in [1.29, 1.82) is 0 Å². The van der Waals surface area contributed by atoms with Gasteiger partial charge in [-0.15, -0.1) is 0 Å². The van der Waals surface area contributed by atoms with Crippen LogP contribution >= 0.6 is 0 Å². The molecule has 0 aliphatic carbocycles. The summed E-state index contributed by atoms with van der Waals surface area (Å²) in [6, 6.07) is 5.31. The lowest BCUT2D eigenvalue weighted by Crippen LogP contribution is -2.33. The number of benzene rings is 1. The van der Waals surface area contributed by atoms with Crippen molar-refractivity contribution < 1.29 is 17.6 Å². The number of nitrogens with one attached hydrogen (secondary N) is 1. The van der Waals surface area contributed by atoms with Gasteiger partial charge in [-0.05, 0) is 76.0 Å². The van der Waals surface area contributed by atoms with Crippen LogP contribution in [0.5, 0.6) is 0 Å². The molecule has 0 bridgehead atoms. The minimum absolute atomic E-state index is 0.0597. The quantitative estimate of drug-likeness (QED) is 0.691. The van der Waals surface area contributed by atoms with Crippen LogP contribution in [0.4, 0.5) is 10.1 Å². The molecule has 1 aliphatic rings. The zero-order valence-corrected chi connectivity index (χ0v) is 17.0. The Morgan fingerprint density at radius 1 is 1.26 bits per heavy atom. The second-order valence-electron chi connectivity index (χ2n) is 7.30. The van der Waals surface area contributed by atoms with Crippen LogP contribution in [-0.4, -0.2) is 58.7 Å². The Balaban J connectivity index is 1.72. The summed E-state index contributed by atoms with van der Waals surface area (Å²) in [4.78, 5) is 14.3. The maximum Gasteiger partial charge on any atom is 0.232 e. The van der Waals surface area contributed by atoms with Crippen LogP contribution < -0.4 is 9.62 Å². The molecule has 0 saturated carbocycles. The van der Waals surface area contributed by atoms with Gasteiger partial charge < -0.3 is 10.2 Å². The van der Waals surface area contributed by atoms with Gasteiger partial charge in [0.15, 0.2) is 0 Å². The van der Waals surface area contributed by atoms with Crippen LogP contribution in [0.3, 0.4) is 0 Å². The van der Waals surface area contributed by atoms with E-state index in [0.717, 1.165) is 25.8 Å². The van der Waals surface area contributed by atoms with Crippen LogP contribution in [-0.2, 0) is 14.8 Å². The summed E-state index contributed by atoms with van der Waals surface area (Å²) in [5, 5.41) is 2.93. The molecular weight excluding hydrogens is 369 g/mol. The maximum atomic E-state index is 13.1. The fourth-order valence-electron chi connectivity index (χ4n) is 3.33. The summed E-state index contributed by atoms with van der Waals surface area (Å²) in [6.07, 6.45) is 5.12. The molecule has 1 N–H and O–H groups in total. The van der Waals surface area contributed by atoms with Crippen LogP contribution in [0.2, 0.25) is 0 Å². The van der Waals surface area contributed by atoms with Crippen molar-refractivity contribution in [3.8, 4) is 0 Å². The Kier molecular flexibility index (Phi) is 8.04. The molecule has 152 valence electrons. The second kappa shape index (κ2) is 10.0. The van der Waals surface area contributed by atoms with Crippen molar-refractivity contribution >= 4 is 21.6 Å². The molecular formula is C19H30FN3O3S. The van der Waals surface area contributed by atoms with Gasteiger partial charge in [0, 0.05) is 19.5 Å². The molecule has 0 aromatic heterocycles. The number of sulfonamides is 1. The average molecular weight is 400 g/mol. The molecule has 1 heterocycles. The largest absolute Gasteiger partial charge is 0.356 e. The van der Waals surface area contributed by atoms with Crippen LogP contribution in [0.15, 0.2) is 24.3 Å². The predicted octanol–water partition coefficient (Wildman–Crippen LogP) is 2.22. The lowest BCUT2D eigenvalue weighted by atomic mass is 9.94. The average Bonchev–Trinajstić information content (AvgIpc) is 2.60. The molecule has 2 rings (SSSR count). The summed E-state index contributed by atoms with van der Waals surface area (Å²) in [5.41, 5.74) is 0.404. The molecule has 0 unspecified atom stereocenters. The number of halogens is 1. The molecule has 6 nitrogen and oxygen atoms in total. The van der Waals surface area contributed by atoms with Gasteiger partial charge in [-0.3, -0.25) is 9.10 Å². The smallest absolute Gasteiger partial charge is 0.232 e. The number of nitrogens with zero attached hydrogens (tertiary/aromatic N) is 2. The lowest BCUT2D eigenvalue weighted by molar-refractivity contribution is -0.121. The molecule has 8 heteroatoms. The number of likely N-dealkylation sites (tertiary alicyclic amines) is 1. The van der Waals surface area contributed by atoms with E-state index in [2.05, 4.69) is 17.3 Å². The van der Waals surface area contributed by atoms with E-state index in [1.54, 1.807) is 0 Å². The number of carbonyl (C=O) groups excluding carboxylic acids is 1. The Hall–Kier alpha value is -1.67. The second-order valence-corrected chi connectivity index (χ2v) is 9.21. The third kappa shape index (κ3) is 7.46. The first kappa shape index (κ1) is 21.6. The van der Waals surface area contributed by atoms with E-state index in [1.807, 2.05) is 0 Å². The zero-order valence-electron chi connectivity index (χ0n) is 16.2. The molecule has 1 aromatic carbocycles. The molecule has 0 atom stereocenters. The first-order valence-corrected chi connectivity index (χ1v) is 11.3. The minimum atomic E-state index is -3.49. The first-order valence-electron chi connectivity index (χ1n) is 9.44. The Morgan fingerprint density at radius 3 is 2.48 bits per heavy atom. The number of carbonyl (C=O) groups is 1. The highest BCUT2D eigenvalue weighted by atomic mass is 32.2. The summed E-state index contributed by atoms with van der Waals surface area (Å²) in [6.45, 7) is 3.08. The van der Waals surface area contributed by atoms with Crippen molar-refractivity contribution in [2.75, 3.05) is 43.8 Å². The summed E-state index contributed by atoms with van der Waals surface area (Å²) in [5.74, 6) is 0.187. The molecule has 0 spiro atoms. The van der Waals surface area contributed by atoms with E-state index in [4.69, 9.17) is 0 Å². The van der Waals surface area contributed by atoms with Gasteiger partial charge in [-0.1, -0.05) is 0 Å². The van der Waals surface area contributed by atoms with Gasteiger partial charge >= 0.3 is 0 Å². The van der Waals surface area contributed by atoms with Crippen molar-refractivity contribution in [1.82, 2.24) is 10.2 Å². The predicted molar refractivity (Wildman–Crippen MR) is 106 cm³/mol. The number of anilines is 1. The molecule has 1 amide bonds. The summed E-state index contributed by atoms with van der Waals surface area (Å²) >= 11 is 0. The SMILES string of the molecule is CN1CCC(CCNC(=O)CCCN(c2ccc(F)cc2)S(C)(=O)=O)CC1. The van der Waals surface area contributed by atoms with Crippen LogP contribution in [0.1, 0.15) is 32.1 Å². The lowest BCUT2D eigenvalue weighted by Gasteiger charge is -2.28. The number of hydrogen-bond acceptors (Lipinski definition) is 4. The fraction of sp³-hybridized carbons (Fsp3) is 0.632. The van der Waals surface area contributed by atoms with Gasteiger partial charge in [0.25, 0.3) is 0 Å². The van der Waals surface area contributed by atoms with E-state index >= 15 is 0 Å². The molecule has 0 radical (unpaired) electrons. The topological polar surface area (TPSA) is 69.7 Å². The van der Waals surface area contributed by atoms with E-state index in [9.17, 15) is 17.6 Å². The van der Waals surface area contributed by atoms with Gasteiger partial charge in [-0.25, -0.2) is 12.8 Å². The van der Waals surface area contributed by atoms with Gasteiger partial charge in [-0.2, -0.15) is 0 Å². The normalized spacial score (nSPS) is 16.3. The van der Waals surface area contributed by atoms with E-state index < -0.39 is 15.8 Å². The van der Waals surface area contributed by atoms with Crippen molar-refractivity contribution in [3.63, 3.8) is 0 Å². The third-order valence-electron chi connectivity index (χ3n) is 4.99. The number of rotatable bonds is 9. The van der Waals surface area contributed by atoms with Crippen molar-refractivity contribution in [3.05, 3.63) is 30.1 Å². The highest BCUT2D eigenvalue weighted by Crippen LogP contribution is 2.19. The van der Waals surface area contributed by atoms with Crippen molar-refractivity contribution in [2.45, 2.75) is 32.1 Å². The Labute approximate surface area is 161 Å². The molecule has 1 aliphatic heterocycles. The standard InChI is InChI=1S/C19H30FN3O3S/c1-22-14-10-16(11-15-22)9-12-21-19(24)4-3-13-23(27(2,25)26)18-7-5-17(20)6-8-18/h5-8,16H,3-4,9-15H2,1-2H3,(H,21,24). The fourth-order valence-corrected chi connectivity index (χ4v) is 4.30. The zero-order chi connectivity index (χ0) is 19.9. The number of piperidine rings is 1. The van der Waals surface area contributed by atoms with Crippen LogP contribution in [0.25, 0.3) is 0 Å². The number of amides is 1. The molecule has 1 aromatic rings. The van der Waals surface area contributed by atoms with Gasteiger partial charge in [0.05, 0.1) is 11.9 Å². The van der Waals surface area contributed by atoms with E-state index in [1.165, 1.54) is 41.4 Å². The van der Waals surface area contributed by atoms with Crippen molar-refractivity contribution in [2.24, 2.45) is 5.92 Å². The summed E-state index contributed by atoms with van der Waals surface area (Å²) < 4.78 is 38.2. The maximum absolute atomic E-state index is 13.1. The minimum Gasteiger partial charge on any atom is -0.356 e. The Bertz CT molecular complexity index is 701. The first-order chi connectivity index (χ1) is 12.8. The van der Waals surface area contributed by atoms with Gasteiger partial charge in [0.2, 0.25) is 15.9 Å². The highest BCUT2D eigenvalue weighted by molar-refractivity contribution is 7.92. The highest BCUT2D eigenvalue weighted by Gasteiger charge is 2.18. The van der Waals surface area contributed by atoms with E-state index in [0.29, 0.717) is 24.6 Å². The molecule has 1 fully saturated rings. The molecule has 1 saturated heterocycles. The third-order valence-corrected chi connectivity index (χ3v) is 6.19. The Morgan fingerprint density at radius 2 is 1.89 bits per heavy atom. The monoisotopic (exact) mass is 399 g/mol. The summed E-state index contributed by atoms with van der Waals surface area (Å²) in [7, 11) is -1.36.